The van der Waals surface area contributed by atoms with E-state index >= 15 is 0 Å². The van der Waals surface area contributed by atoms with Gasteiger partial charge in [-0.3, -0.25) is 4.79 Å². The molecule has 0 N–H and O–H groups in total. The first kappa shape index (κ1) is 12.8. The zero-order chi connectivity index (χ0) is 15.1. The Labute approximate surface area is 128 Å². The highest BCUT2D eigenvalue weighted by Gasteiger charge is 2.14. The maximum absolute atomic E-state index is 11.4. The van der Waals surface area contributed by atoms with Crippen LogP contribution in [0.5, 0.6) is 0 Å². The van der Waals surface area contributed by atoms with E-state index in [0.29, 0.717) is 5.56 Å². The molecule has 0 atom stereocenters. The number of aryl methyl sites for hydroxylation is 1. The van der Waals surface area contributed by atoms with Crippen molar-refractivity contribution in [3.63, 3.8) is 0 Å². The lowest BCUT2D eigenvalue weighted by molar-refractivity contribution is 0.112. The van der Waals surface area contributed by atoms with Crippen LogP contribution in [0.15, 0.2) is 66.7 Å². The number of nitrogens with zero attached hydrogens (tertiary/aromatic N) is 1. The molecule has 22 heavy (non-hydrogen) atoms. The van der Waals surface area contributed by atoms with E-state index in [9.17, 15) is 4.79 Å². The van der Waals surface area contributed by atoms with Crippen LogP contribution in [0.25, 0.3) is 32.9 Å². The molecular formula is C20H15NO. The number of aldehydes is 1. The van der Waals surface area contributed by atoms with Crippen molar-refractivity contribution < 1.29 is 4.79 Å². The van der Waals surface area contributed by atoms with E-state index < -0.39 is 0 Å². The molecule has 0 saturated heterocycles. The summed E-state index contributed by atoms with van der Waals surface area (Å²) in [5.41, 5.74) is 5.28. The number of carbonyl (C=O) groups excluding carboxylic acids is 1. The minimum absolute atomic E-state index is 0.711. The SMILES string of the molecule is Cn1c2ccccc2c2cc(C=O)cc(-c3ccccc3)c21. The normalized spacial score (nSPS) is 11.1. The Morgan fingerprint density at radius 2 is 1.59 bits per heavy atom. The molecule has 0 aliphatic rings. The molecule has 0 aliphatic carbocycles. The predicted octanol–water partition coefficient (Wildman–Crippen LogP) is 4.81. The van der Waals surface area contributed by atoms with E-state index in [-0.39, 0.29) is 0 Å². The Morgan fingerprint density at radius 3 is 2.36 bits per heavy atom. The summed E-state index contributed by atoms with van der Waals surface area (Å²) in [7, 11) is 2.08. The first-order valence-corrected chi connectivity index (χ1v) is 7.31. The quantitative estimate of drug-likeness (QED) is 0.484. The number of hydrogen-bond donors (Lipinski definition) is 0. The molecule has 2 nitrogen and oxygen atoms in total. The third-order valence-corrected chi connectivity index (χ3v) is 4.24. The summed E-state index contributed by atoms with van der Waals surface area (Å²) in [4.78, 5) is 11.4. The van der Waals surface area contributed by atoms with E-state index in [2.05, 4.69) is 35.9 Å². The summed E-state index contributed by atoms with van der Waals surface area (Å²) < 4.78 is 2.21. The van der Waals surface area contributed by atoms with E-state index in [1.165, 1.54) is 10.9 Å². The summed E-state index contributed by atoms with van der Waals surface area (Å²) in [6.45, 7) is 0. The average molecular weight is 285 g/mol. The van der Waals surface area contributed by atoms with Crippen molar-refractivity contribution in [2.45, 2.75) is 0 Å². The van der Waals surface area contributed by atoms with Gasteiger partial charge in [0.15, 0.2) is 0 Å². The lowest BCUT2D eigenvalue weighted by Gasteiger charge is -2.08. The van der Waals surface area contributed by atoms with Crippen LogP contribution in [-0.2, 0) is 7.05 Å². The molecule has 0 spiro atoms. The number of fused-ring (bicyclic) bond motifs is 3. The number of hydrogen-bond acceptors (Lipinski definition) is 1. The van der Waals surface area contributed by atoms with E-state index in [4.69, 9.17) is 0 Å². The van der Waals surface area contributed by atoms with Gasteiger partial charge in [-0.1, -0.05) is 48.5 Å². The molecule has 0 fully saturated rings. The molecule has 1 aromatic heterocycles. The van der Waals surface area contributed by atoms with Gasteiger partial charge in [0.2, 0.25) is 0 Å². The molecule has 0 radical (unpaired) electrons. The molecule has 0 bridgehead atoms. The fraction of sp³-hybridized carbons (Fsp3) is 0.0500. The largest absolute Gasteiger partial charge is 0.343 e. The standard InChI is InChI=1S/C20H15NO/c1-21-19-10-6-5-9-16(19)18-12-14(13-22)11-17(20(18)21)15-7-3-2-4-8-15/h2-13H,1H3. The van der Waals surface area contributed by atoms with Crippen LogP contribution in [0.1, 0.15) is 10.4 Å². The van der Waals surface area contributed by atoms with E-state index in [0.717, 1.165) is 28.3 Å². The highest BCUT2D eigenvalue weighted by Crippen LogP contribution is 2.36. The van der Waals surface area contributed by atoms with Gasteiger partial charge in [-0.25, -0.2) is 0 Å². The maximum Gasteiger partial charge on any atom is 0.150 e. The van der Waals surface area contributed by atoms with Crippen molar-refractivity contribution in [3.05, 3.63) is 72.3 Å². The lowest BCUT2D eigenvalue weighted by atomic mass is 9.99. The van der Waals surface area contributed by atoms with Crippen LogP contribution >= 0.6 is 0 Å². The van der Waals surface area contributed by atoms with Crippen molar-refractivity contribution >= 4 is 28.1 Å². The second-order valence-corrected chi connectivity index (χ2v) is 5.52. The van der Waals surface area contributed by atoms with Gasteiger partial charge in [0.25, 0.3) is 0 Å². The first-order valence-electron chi connectivity index (χ1n) is 7.31. The Balaban J connectivity index is 2.22. The zero-order valence-electron chi connectivity index (χ0n) is 12.3. The van der Waals surface area contributed by atoms with Gasteiger partial charge >= 0.3 is 0 Å². The number of benzene rings is 3. The predicted molar refractivity (Wildman–Crippen MR) is 91.2 cm³/mol. The van der Waals surface area contributed by atoms with Crippen LogP contribution in [0, 0.1) is 0 Å². The van der Waals surface area contributed by atoms with Gasteiger partial charge in [0.05, 0.1) is 5.52 Å². The molecule has 0 amide bonds. The van der Waals surface area contributed by atoms with Crippen molar-refractivity contribution in [2.24, 2.45) is 7.05 Å². The monoisotopic (exact) mass is 285 g/mol. The summed E-state index contributed by atoms with van der Waals surface area (Å²) in [5, 5.41) is 2.31. The zero-order valence-corrected chi connectivity index (χ0v) is 12.3. The molecule has 0 aliphatic heterocycles. The van der Waals surface area contributed by atoms with Crippen LogP contribution in [0.4, 0.5) is 0 Å². The average Bonchev–Trinajstić information content (AvgIpc) is 2.88. The molecule has 4 aromatic rings. The van der Waals surface area contributed by atoms with Crippen LogP contribution in [0.3, 0.4) is 0 Å². The Morgan fingerprint density at radius 1 is 0.864 bits per heavy atom. The molecule has 4 rings (SSSR count). The lowest BCUT2D eigenvalue weighted by Crippen LogP contribution is -1.91. The molecule has 0 saturated carbocycles. The first-order chi connectivity index (χ1) is 10.8. The summed E-state index contributed by atoms with van der Waals surface area (Å²) in [6.07, 6.45) is 0.924. The highest BCUT2D eigenvalue weighted by molar-refractivity contribution is 6.14. The van der Waals surface area contributed by atoms with Crippen molar-refractivity contribution in [2.75, 3.05) is 0 Å². The summed E-state index contributed by atoms with van der Waals surface area (Å²) in [5.74, 6) is 0. The topological polar surface area (TPSA) is 22.0 Å². The second-order valence-electron chi connectivity index (χ2n) is 5.52. The van der Waals surface area contributed by atoms with Crippen LogP contribution < -0.4 is 0 Å². The fourth-order valence-electron chi connectivity index (χ4n) is 3.24. The smallest absolute Gasteiger partial charge is 0.150 e. The third-order valence-electron chi connectivity index (χ3n) is 4.24. The van der Waals surface area contributed by atoms with Gasteiger partial charge in [0, 0.05) is 34.5 Å². The van der Waals surface area contributed by atoms with Crippen molar-refractivity contribution in [1.29, 1.82) is 0 Å². The van der Waals surface area contributed by atoms with Gasteiger partial charge in [0.1, 0.15) is 6.29 Å². The van der Waals surface area contributed by atoms with E-state index in [1.807, 2.05) is 42.5 Å². The summed E-state index contributed by atoms with van der Waals surface area (Å²) >= 11 is 0. The Kier molecular flexibility index (Phi) is 2.83. The Hall–Kier alpha value is -2.87. The minimum atomic E-state index is 0.711. The molecule has 0 unspecified atom stereocenters. The maximum atomic E-state index is 11.4. The number of para-hydroxylation sites is 1. The highest BCUT2D eigenvalue weighted by atomic mass is 16.1. The number of carbonyl (C=O) groups is 1. The Bertz CT molecular complexity index is 997. The van der Waals surface area contributed by atoms with Gasteiger partial charge in [-0.15, -0.1) is 0 Å². The molecule has 1 heterocycles. The fourth-order valence-corrected chi connectivity index (χ4v) is 3.24. The van der Waals surface area contributed by atoms with Crippen LogP contribution in [0.2, 0.25) is 0 Å². The van der Waals surface area contributed by atoms with Gasteiger partial charge in [-0.2, -0.15) is 0 Å². The number of aromatic nitrogens is 1. The molecular weight excluding hydrogens is 270 g/mol. The second kappa shape index (κ2) is 4.85. The molecule has 106 valence electrons. The molecule has 2 heteroatoms. The van der Waals surface area contributed by atoms with Crippen LogP contribution in [-0.4, -0.2) is 10.9 Å². The van der Waals surface area contributed by atoms with Gasteiger partial charge < -0.3 is 4.57 Å². The van der Waals surface area contributed by atoms with Crippen molar-refractivity contribution in [1.82, 2.24) is 4.57 Å². The minimum Gasteiger partial charge on any atom is -0.343 e. The van der Waals surface area contributed by atoms with E-state index in [1.54, 1.807) is 0 Å². The number of rotatable bonds is 2. The summed E-state index contributed by atoms with van der Waals surface area (Å²) in [6, 6.07) is 22.5. The van der Waals surface area contributed by atoms with Crippen molar-refractivity contribution in [3.8, 4) is 11.1 Å². The third kappa shape index (κ3) is 1.77. The van der Waals surface area contributed by atoms with Gasteiger partial charge in [-0.05, 0) is 23.8 Å². The molecule has 3 aromatic carbocycles.